The number of likely N-dealkylation sites (tertiary alicyclic amines) is 2. The maximum absolute atomic E-state index is 13.3. The number of pyridine rings is 2. The molecule has 12 nitrogen and oxygen atoms in total. The van der Waals surface area contributed by atoms with Crippen LogP contribution in [0.3, 0.4) is 0 Å². The number of hydrogen-bond acceptors (Lipinski definition) is 9. The smallest absolute Gasteiger partial charge is 0.257 e. The Balaban J connectivity index is 0.000000221. The topological polar surface area (TPSA) is 186 Å². The van der Waals surface area contributed by atoms with E-state index in [0.29, 0.717) is 58.6 Å². The summed E-state index contributed by atoms with van der Waals surface area (Å²) in [6.45, 7) is 6.62. The van der Waals surface area contributed by atoms with Crippen molar-refractivity contribution in [1.82, 2.24) is 19.8 Å². The van der Waals surface area contributed by atoms with Gasteiger partial charge >= 0.3 is 0 Å². The SMILES string of the molecule is C.Cc1ccc(C(=O)N2CCCC(c3ccc(C#N)cc3)CC2)cc1N.Cc1ccc(C(=O)N2CCCC(c3ccc(C#N)cc3)CC2)cc1NC(=O)c1ccc(F)nc1.O=C(Cl)c1ccc(F)nc1. The molecular formula is C55H55ClF2N8O4. The van der Waals surface area contributed by atoms with Gasteiger partial charge in [-0.1, -0.05) is 43.8 Å². The monoisotopic (exact) mass is 964 g/mol. The van der Waals surface area contributed by atoms with E-state index in [2.05, 4.69) is 27.4 Å². The fourth-order valence-electron chi connectivity index (χ4n) is 8.15. The zero-order chi connectivity index (χ0) is 49.5. The third-order valence-corrected chi connectivity index (χ3v) is 12.5. The van der Waals surface area contributed by atoms with Crippen LogP contribution in [0.1, 0.15) is 133 Å². The Morgan fingerprint density at radius 1 is 0.614 bits per heavy atom. The molecule has 360 valence electrons. The third-order valence-electron chi connectivity index (χ3n) is 12.3. The number of nitrogens with two attached hydrogens (primary N) is 1. The number of aromatic nitrogens is 2. The molecule has 2 saturated heterocycles. The van der Waals surface area contributed by atoms with Gasteiger partial charge in [-0.3, -0.25) is 19.2 Å². The van der Waals surface area contributed by atoms with Crippen LogP contribution in [0.2, 0.25) is 0 Å². The van der Waals surface area contributed by atoms with Gasteiger partial charge in [0.1, 0.15) is 0 Å². The van der Waals surface area contributed by atoms with Crippen LogP contribution in [0, 0.1) is 48.4 Å². The third kappa shape index (κ3) is 14.6. The molecule has 2 aliphatic rings. The van der Waals surface area contributed by atoms with Crippen LogP contribution in [-0.2, 0) is 0 Å². The van der Waals surface area contributed by atoms with Gasteiger partial charge in [-0.15, -0.1) is 0 Å². The lowest BCUT2D eigenvalue weighted by atomic mass is 9.91. The minimum atomic E-state index is -0.654. The van der Waals surface area contributed by atoms with Crippen LogP contribution < -0.4 is 11.1 Å². The number of amides is 3. The van der Waals surface area contributed by atoms with Crippen molar-refractivity contribution in [1.29, 1.82) is 10.5 Å². The molecule has 0 spiro atoms. The maximum atomic E-state index is 13.3. The number of halogens is 3. The summed E-state index contributed by atoms with van der Waals surface area (Å²) in [6.07, 6.45) is 7.98. The lowest BCUT2D eigenvalue weighted by molar-refractivity contribution is 0.0753. The molecule has 2 unspecified atom stereocenters. The Labute approximate surface area is 412 Å². The van der Waals surface area contributed by atoms with Crippen molar-refractivity contribution in [3.05, 3.63) is 189 Å². The summed E-state index contributed by atoms with van der Waals surface area (Å²) in [7, 11) is 0. The van der Waals surface area contributed by atoms with Gasteiger partial charge in [0.05, 0.1) is 34.4 Å². The molecule has 3 amide bonds. The zero-order valence-corrected chi connectivity index (χ0v) is 39.1. The number of carbonyl (C=O) groups is 4. The highest BCUT2D eigenvalue weighted by atomic mass is 35.5. The highest BCUT2D eigenvalue weighted by molar-refractivity contribution is 6.67. The normalized spacial score (nSPS) is 15.3. The van der Waals surface area contributed by atoms with E-state index in [1.807, 2.05) is 90.4 Å². The summed E-state index contributed by atoms with van der Waals surface area (Å²) in [5, 5.41) is 20.1. The number of hydrogen-bond donors (Lipinski definition) is 2. The van der Waals surface area contributed by atoms with Crippen molar-refractivity contribution in [2.24, 2.45) is 0 Å². The van der Waals surface area contributed by atoms with Crippen molar-refractivity contribution < 1.29 is 28.0 Å². The molecule has 3 N–H and O–H groups in total. The summed E-state index contributed by atoms with van der Waals surface area (Å²) >= 11 is 5.05. The molecule has 6 aromatic rings. The second kappa shape index (κ2) is 25.5. The summed E-state index contributed by atoms with van der Waals surface area (Å²) in [5.74, 6) is -0.913. The minimum Gasteiger partial charge on any atom is -0.398 e. The maximum Gasteiger partial charge on any atom is 0.257 e. The van der Waals surface area contributed by atoms with E-state index in [1.54, 1.807) is 18.2 Å². The number of anilines is 2. The number of carbonyl (C=O) groups excluding carboxylic acids is 4. The molecule has 0 bridgehead atoms. The van der Waals surface area contributed by atoms with Crippen LogP contribution in [0.5, 0.6) is 0 Å². The first-order valence-corrected chi connectivity index (χ1v) is 22.9. The molecule has 8 rings (SSSR count). The van der Waals surface area contributed by atoms with Crippen molar-refractivity contribution in [2.45, 2.75) is 71.6 Å². The van der Waals surface area contributed by atoms with Crippen LogP contribution in [-0.4, -0.2) is 68.9 Å². The summed E-state index contributed by atoms with van der Waals surface area (Å²) in [6, 6.07) is 35.5. The number of nitrogens with zero attached hydrogens (tertiary/aromatic N) is 6. The number of nitriles is 2. The highest BCUT2D eigenvalue weighted by Gasteiger charge is 2.25. The Bertz CT molecular complexity index is 2850. The first kappa shape index (κ1) is 53.1. The van der Waals surface area contributed by atoms with Gasteiger partial charge in [-0.05, 0) is 171 Å². The van der Waals surface area contributed by atoms with Gasteiger partial charge in [-0.25, -0.2) is 9.97 Å². The van der Waals surface area contributed by atoms with Crippen molar-refractivity contribution >= 4 is 45.9 Å². The van der Waals surface area contributed by atoms with Gasteiger partial charge < -0.3 is 20.9 Å². The van der Waals surface area contributed by atoms with E-state index in [-0.39, 0.29) is 30.4 Å². The fraction of sp³-hybridized carbons (Fsp3) is 0.273. The van der Waals surface area contributed by atoms with E-state index in [1.165, 1.54) is 29.5 Å². The second-order valence-corrected chi connectivity index (χ2v) is 17.2. The van der Waals surface area contributed by atoms with Crippen LogP contribution in [0.25, 0.3) is 0 Å². The zero-order valence-electron chi connectivity index (χ0n) is 38.3. The Kier molecular flexibility index (Phi) is 19.4. The number of nitrogens with one attached hydrogen (secondary N) is 1. The number of benzene rings is 4. The molecule has 0 aliphatic carbocycles. The largest absolute Gasteiger partial charge is 0.398 e. The van der Waals surface area contributed by atoms with Crippen molar-refractivity contribution in [2.75, 3.05) is 37.2 Å². The average molecular weight is 966 g/mol. The van der Waals surface area contributed by atoms with Gasteiger partial charge in [0, 0.05) is 61.1 Å². The highest BCUT2D eigenvalue weighted by Crippen LogP contribution is 2.31. The van der Waals surface area contributed by atoms with Gasteiger partial charge in [0.15, 0.2) is 0 Å². The average Bonchev–Trinajstić information content (AvgIpc) is 3.78. The van der Waals surface area contributed by atoms with Gasteiger partial charge in [0.2, 0.25) is 11.9 Å². The van der Waals surface area contributed by atoms with Crippen LogP contribution in [0.15, 0.2) is 122 Å². The van der Waals surface area contributed by atoms with Crippen LogP contribution in [0.4, 0.5) is 20.2 Å². The molecule has 2 atom stereocenters. The number of aryl methyl sites for hydroxylation is 2. The molecule has 2 fully saturated rings. The number of nitrogen functional groups attached to an aromatic ring is 1. The molecule has 0 saturated carbocycles. The van der Waals surface area contributed by atoms with E-state index in [9.17, 15) is 28.0 Å². The molecular weight excluding hydrogens is 910 g/mol. The van der Waals surface area contributed by atoms with E-state index < -0.39 is 23.0 Å². The second-order valence-electron chi connectivity index (χ2n) is 16.9. The molecule has 2 aliphatic heterocycles. The lowest BCUT2D eigenvalue weighted by Crippen LogP contribution is -2.32. The lowest BCUT2D eigenvalue weighted by Gasteiger charge is -2.21. The standard InChI is InChI=1S/C27H25FN4O2.C21H23N3O.C6H3ClFNO.CH4/c1-18-4-7-22(15-24(18)31-26(33)23-10-11-25(28)30-17-23)27(34)32-13-2-3-20(12-14-32)21-8-5-19(16-29)6-9-21;1-15-4-7-19(13-20(15)23)21(25)24-11-2-3-17(10-12-24)18-8-5-16(14-22)6-9-18;7-6(10)4-1-2-5(8)9-3-4;/h4-11,15,17,20H,2-3,12-14H2,1H3,(H,31,33);4-9,13,17H,2-3,10-12,23H2,1H3;1-3H;1H4. The summed E-state index contributed by atoms with van der Waals surface area (Å²) < 4.78 is 25.1. The summed E-state index contributed by atoms with van der Waals surface area (Å²) in [4.78, 5) is 59.5. The van der Waals surface area contributed by atoms with Crippen molar-refractivity contribution in [3.63, 3.8) is 0 Å². The molecule has 15 heteroatoms. The van der Waals surface area contributed by atoms with Gasteiger partial charge in [0.25, 0.3) is 23.0 Å². The first-order valence-electron chi connectivity index (χ1n) is 22.5. The van der Waals surface area contributed by atoms with Crippen molar-refractivity contribution in [3.8, 4) is 12.1 Å². The Hall–Kier alpha value is -7.81. The van der Waals surface area contributed by atoms with Gasteiger partial charge in [-0.2, -0.15) is 19.3 Å². The molecule has 70 heavy (non-hydrogen) atoms. The molecule has 4 heterocycles. The summed E-state index contributed by atoms with van der Waals surface area (Å²) in [5.41, 5.74) is 14.3. The van der Waals surface area contributed by atoms with E-state index >= 15 is 0 Å². The first-order chi connectivity index (χ1) is 33.2. The number of rotatable bonds is 7. The van der Waals surface area contributed by atoms with Crippen LogP contribution >= 0.6 is 11.6 Å². The predicted molar refractivity (Wildman–Crippen MR) is 267 cm³/mol. The molecule has 0 radical (unpaired) electrons. The molecule has 4 aromatic carbocycles. The minimum absolute atomic E-state index is 0. The van der Waals surface area contributed by atoms with E-state index in [0.717, 1.165) is 81.1 Å². The van der Waals surface area contributed by atoms with E-state index in [4.69, 9.17) is 27.9 Å². The Morgan fingerprint density at radius 2 is 1.06 bits per heavy atom. The quantitative estimate of drug-likeness (QED) is 0.0892. The Morgan fingerprint density at radius 3 is 1.49 bits per heavy atom. The molecule has 2 aromatic heterocycles. The predicted octanol–water partition coefficient (Wildman–Crippen LogP) is 11.2. The fourth-order valence-corrected chi connectivity index (χ4v) is 8.26.